The highest BCUT2D eigenvalue weighted by molar-refractivity contribution is 6.30. The summed E-state index contributed by atoms with van der Waals surface area (Å²) in [5.41, 5.74) is 1.99. The molecule has 0 bridgehead atoms. The molecule has 1 aromatic heterocycles. The first-order chi connectivity index (χ1) is 9.78. The number of anilines is 1. The van der Waals surface area contributed by atoms with Crippen LogP contribution in [0.2, 0.25) is 5.02 Å². The fourth-order valence-corrected chi connectivity index (χ4v) is 2.02. The summed E-state index contributed by atoms with van der Waals surface area (Å²) < 4.78 is 5.67. The molecule has 0 fully saturated rings. The smallest absolute Gasteiger partial charge is 0.126 e. The summed E-state index contributed by atoms with van der Waals surface area (Å²) in [4.78, 5) is 4.50. The van der Waals surface area contributed by atoms with Gasteiger partial charge in [-0.3, -0.25) is 0 Å². The van der Waals surface area contributed by atoms with E-state index in [1.165, 1.54) is 0 Å². The molecular weight excluding hydrogens is 272 g/mol. The molecule has 0 aliphatic rings. The number of halogens is 1. The highest BCUT2D eigenvalue weighted by Gasteiger charge is 1.99. The van der Waals surface area contributed by atoms with Gasteiger partial charge in [0, 0.05) is 11.6 Å². The molecular formula is C16H19ClN2O. The van der Waals surface area contributed by atoms with E-state index >= 15 is 0 Å². The molecule has 1 heterocycles. The lowest BCUT2D eigenvalue weighted by atomic mass is 10.2. The first-order valence-corrected chi connectivity index (χ1v) is 7.17. The molecule has 2 aromatic rings. The van der Waals surface area contributed by atoms with E-state index in [1.54, 1.807) is 0 Å². The van der Waals surface area contributed by atoms with E-state index in [1.807, 2.05) is 42.5 Å². The predicted octanol–water partition coefficient (Wildman–Crippen LogP) is 4.27. The van der Waals surface area contributed by atoms with Crippen LogP contribution in [-0.4, -0.2) is 11.5 Å². The van der Waals surface area contributed by atoms with Crippen molar-refractivity contribution in [3.05, 3.63) is 58.7 Å². The third-order valence-electron chi connectivity index (χ3n) is 2.77. The Morgan fingerprint density at radius 1 is 1.15 bits per heavy atom. The second-order valence-corrected chi connectivity index (χ2v) is 5.00. The van der Waals surface area contributed by atoms with E-state index in [2.05, 4.69) is 17.2 Å². The summed E-state index contributed by atoms with van der Waals surface area (Å²) in [5, 5.41) is 4.00. The van der Waals surface area contributed by atoms with Crippen LogP contribution in [0.5, 0.6) is 0 Å². The van der Waals surface area contributed by atoms with E-state index in [0.717, 1.165) is 35.1 Å². The Balaban J connectivity index is 1.84. The van der Waals surface area contributed by atoms with Gasteiger partial charge in [-0.25, -0.2) is 4.98 Å². The van der Waals surface area contributed by atoms with Crippen molar-refractivity contribution < 1.29 is 4.74 Å². The Bertz CT molecular complexity index is 546. The van der Waals surface area contributed by atoms with Crippen molar-refractivity contribution in [2.24, 2.45) is 0 Å². The Morgan fingerprint density at radius 2 is 2.00 bits per heavy atom. The fourth-order valence-electron chi connectivity index (χ4n) is 1.81. The van der Waals surface area contributed by atoms with Gasteiger partial charge in [0.15, 0.2) is 0 Å². The Morgan fingerprint density at radius 3 is 2.80 bits per heavy atom. The molecule has 0 radical (unpaired) electrons. The number of benzene rings is 1. The molecule has 0 amide bonds. The number of rotatable bonds is 7. The van der Waals surface area contributed by atoms with E-state index < -0.39 is 0 Å². The van der Waals surface area contributed by atoms with Crippen LogP contribution in [0.1, 0.15) is 24.6 Å². The van der Waals surface area contributed by atoms with Gasteiger partial charge < -0.3 is 10.1 Å². The van der Waals surface area contributed by atoms with Gasteiger partial charge in [0.1, 0.15) is 5.82 Å². The number of pyridine rings is 1. The summed E-state index contributed by atoms with van der Waals surface area (Å²) in [6, 6.07) is 13.6. The average molecular weight is 291 g/mol. The zero-order chi connectivity index (χ0) is 14.2. The van der Waals surface area contributed by atoms with Crippen LogP contribution in [0, 0.1) is 0 Å². The summed E-state index contributed by atoms with van der Waals surface area (Å²) in [6.07, 6.45) is 1.08. The molecule has 0 aliphatic carbocycles. The SMILES string of the molecule is CCCNc1cccc(COCc2cccc(Cl)c2)n1. The molecule has 0 saturated carbocycles. The van der Waals surface area contributed by atoms with Crippen LogP contribution in [0.3, 0.4) is 0 Å². The van der Waals surface area contributed by atoms with Crippen molar-refractivity contribution in [3.63, 3.8) is 0 Å². The van der Waals surface area contributed by atoms with Crippen molar-refractivity contribution in [2.75, 3.05) is 11.9 Å². The summed E-state index contributed by atoms with van der Waals surface area (Å²) in [6.45, 7) is 4.09. The average Bonchev–Trinajstić information content (AvgIpc) is 2.46. The number of hydrogen-bond donors (Lipinski definition) is 1. The molecule has 3 nitrogen and oxygen atoms in total. The van der Waals surface area contributed by atoms with Gasteiger partial charge in [-0.2, -0.15) is 0 Å². The molecule has 106 valence electrons. The molecule has 1 aromatic carbocycles. The quantitative estimate of drug-likeness (QED) is 0.827. The first kappa shape index (κ1) is 14.8. The molecule has 20 heavy (non-hydrogen) atoms. The lowest BCUT2D eigenvalue weighted by Crippen LogP contribution is -2.04. The van der Waals surface area contributed by atoms with Gasteiger partial charge >= 0.3 is 0 Å². The number of aromatic nitrogens is 1. The largest absolute Gasteiger partial charge is 0.370 e. The minimum absolute atomic E-state index is 0.494. The Kier molecular flexibility index (Phi) is 5.84. The number of nitrogens with zero attached hydrogens (tertiary/aromatic N) is 1. The van der Waals surface area contributed by atoms with Crippen LogP contribution in [0.4, 0.5) is 5.82 Å². The van der Waals surface area contributed by atoms with E-state index in [4.69, 9.17) is 16.3 Å². The minimum atomic E-state index is 0.494. The van der Waals surface area contributed by atoms with Crippen molar-refractivity contribution in [3.8, 4) is 0 Å². The zero-order valence-corrected chi connectivity index (χ0v) is 12.4. The molecule has 0 unspecified atom stereocenters. The maximum absolute atomic E-state index is 5.93. The summed E-state index contributed by atoms with van der Waals surface area (Å²) in [7, 11) is 0. The minimum Gasteiger partial charge on any atom is -0.370 e. The molecule has 4 heteroatoms. The molecule has 0 saturated heterocycles. The van der Waals surface area contributed by atoms with Crippen LogP contribution in [0.15, 0.2) is 42.5 Å². The van der Waals surface area contributed by atoms with E-state index in [9.17, 15) is 0 Å². The monoisotopic (exact) mass is 290 g/mol. The van der Waals surface area contributed by atoms with Crippen molar-refractivity contribution >= 4 is 17.4 Å². The standard InChI is InChI=1S/C16H19ClN2O/c1-2-9-18-16-8-4-7-15(19-16)12-20-11-13-5-3-6-14(17)10-13/h3-8,10H,2,9,11-12H2,1H3,(H,18,19). The molecule has 1 N–H and O–H groups in total. The van der Waals surface area contributed by atoms with Crippen LogP contribution < -0.4 is 5.32 Å². The third-order valence-corrected chi connectivity index (χ3v) is 3.01. The number of nitrogens with one attached hydrogen (secondary N) is 1. The molecule has 0 atom stereocenters. The zero-order valence-electron chi connectivity index (χ0n) is 11.6. The van der Waals surface area contributed by atoms with Crippen LogP contribution in [-0.2, 0) is 18.0 Å². The van der Waals surface area contributed by atoms with E-state index in [-0.39, 0.29) is 0 Å². The fraction of sp³-hybridized carbons (Fsp3) is 0.312. The molecule has 2 rings (SSSR count). The highest BCUT2D eigenvalue weighted by atomic mass is 35.5. The van der Waals surface area contributed by atoms with Gasteiger partial charge in [0.2, 0.25) is 0 Å². The predicted molar refractivity (Wildman–Crippen MR) is 83.0 cm³/mol. The summed E-state index contributed by atoms with van der Waals surface area (Å²) >= 11 is 5.93. The maximum Gasteiger partial charge on any atom is 0.126 e. The highest BCUT2D eigenvalue weighted by Crippen LogP contribution is 2.12. The number of hydrogen-bond acceptors (Lipinski definition) is 3. The van der Waals surface area contributed by atoms with Crippen LogP contribution >= 0.6 is 11.6 Å². The lowest BCUT2D eigenvalue weighted by Gasteiger charge is -2.07. The van der Waals surface area contributed by atoms with Gasteiger partial charge in [-0.15, -0.1) is 0 Å². The first-order valence-electron chi connectivity index (χ1n) is 6.80. The number of ether oxygens (including phenoxy) is 1. The van der Waals surface area contributed by atoms with Crippen molar-refractivity contribution in [1.29, 1.82) is 0 Å². The molecule has 0 spiro atoms. The topological polar surface area (TPSA) is 34.1 Å². The lowest BCUT2D eigenvalue weighted by molar-refractivity contribution is 0.104. The Labute approximate surface area is 124 Å². The van der Waals surface area contributed by atoms with E-state index in [0.29, 0.717) is 13.2 Å². The van der Waals surface area contributed by atoms with Crippen molar-refractivity contribution in [1.82, 2.24) is 4.98 Å². The Hall–Kier alpha value is -1.58. The molecule has 0 aliphatic heterocycles. The normalized spacial score (nSPS) is 10.5. The second-order valence-electron chi connectivity index (χ2n) is 4.56. The van der Waals surface area contributed by atoms with Crippen molar-refractivity contribution in [2.45, 2.75) is 26.6 Å². The van der Waals surface area contributed by atoms with Gasteiger partial charge in [0.25, 0.3) is 0 Å². The summed E-state index contributed by atoms with van der Waals surface area (Å²) in [5.74, 6) is 0.899. The van der Waals surface area contributed by atoms with Gasteiger partial charge in [0.05, 0.1) is 18.9 Å². The van der Waals surface area contributed by atoms with Gasteiger partial charge in [-0.05, 0) is 36.2 Å². The maximum atomic E-state index is 5.93. The third kappa shape index (κ3) is 4.83. The van der Waals surface area contributed by atoms with Gasteiger partial charge in [-0.1, -0.05) is 36.7 Å². The van der Waals surface area contributed by atoms with Crippen LogP contribution in [0.25, 0.3) is 0 Å². The second kappa shape index (κ2) is 7.88.